The summed E-state index contributed by atoms with van der Waals surface area (Å²) in [5.41, 5.74) is 2.97. The monoisotopic (exact) mass is 455 g/mol. The maximum atomic E-state index is 12.6. The number of urea groups is 1. The summed E-state index contributed by atoms with van der Waals surface area (Å²) in [6, 6.07) is 9.47. The standard InChI is InChI=1S/C23H25N3O5S/c1-12-6-5-7-13(2)20(12)18-9-8-17(32-18)15(11-19(28)29)24-23(31)25-21-16(27)10-14(3)26(4)22(21)30/h5-10,15,27H,11H2,1-4H3,(H,28,29)(H2,24,25,31)/t15-/m0/s1. The third-order valence-electron chi connectivity index (χ3n) is 5.27. The van der Waals surface area contributed by atoms with E-state index in [0.29, 0.717) is 10.6 Å². The molecule has 8 nitrogen and oxygen atoms in total. The van der Waals surface area contributed by atoms with Gasteiger partial charge in [0.05, 0.1) is 12.5 Å². The molecule has 1 aromatic carbocycles. The van der Waals surface area contributed by atoms with Gasteiger partial charge in [-0.15, -0.1) is 11.3 Å². The number of aryl methyl sites for hydroxylation is 3. The van der Waals surface area contributed by atoms with Crippen LogP contribution < -0.4 is 16.2 Å². The molecule has 32 heavy (non-hydrogen) atoms. The molecule has 4 N–H and O–H groups in total. The number of hydrogen-bond acceptors (Lipinski definition) is 5. The largest absolute Gasteiger partial charge is 0.505 e. The second-order valence-electron chi connectivity index (χ2n) is 7.63. The highest BCUT2D eigenvalue weighted by atomic mass is 32.1. The third kappa shape index (κ3) is 4.83. The Bertz CT molecular complexity index is 1220. The van der Waals surface area contributed by atoms with Crippen LogP contribution in [0.4, 0.5) is 10.5 Å². The first-order valence-electron chi connectivity index (χ1n) is 9.93. The molecule has 1 atom stereocenters. The van der Waals surface area contributed by atoms with Gasteiger partial charge in [0.15, 0.2) is 5.69 Å². The number of carboxylic acid groups (broad SMARTS) is 1. The van der Waals surface area contributed by atoms with Gasteiger partial charge < -0.3 is 25.4 Å². The highest BCUT2D eigenvalue weighted by Gasteiger charge is 2.22. The van der Waals surface area contributed by atoms with Crippen LogP contribution in [0.1, 0.15) is 34.2 Å². The van der Waals surface area contributed by atoms with Gasteiger partial charge in [-0.1, -0.05) is 18.2 Å². The van der Waals surface area contributed by atoms with Crippen molar-refractivity contribution in [2.75, 3.05) is 5.32 Å². The summed E-state index contributed by atoms with van der Waals surface area (Å²) in [6.45, 7) is 5.67. The number of rotatable bonds is 6. The Morgan fingerprint density at radius 1 is 1.12 bits per heavy atom. The van der Waals surface area contributed by atoms with Gasteiger partial charge in [0, 0.05) is 28.6 Å². The second-order valence-corrected chi connectivity index (χ2v) is 8.74. The first-order chi connectivity index (χ1) is 15.1. The molecule has 0 aliphatic heterocycles. The minimum Gasteiger partial charge on any atom is -0.505 e. The van der Waals surface area contributed by atoms with Crippen LogP contribution in [0.3, 0.4) is 0 Å². The molecule has 168 valence electrons. The number of carbonyl (C=O) groups excluding carboxylic acids is 1. The molecular weight excluding hydrogens is 430 g/mol. The predicted molar refractivity (Wildman–Crippen MR) is 124 cm³/mol. The van der Waals surface area contributed by atoms with Crippen LogP contribution in [-0.2, 0) is 11.8 Å². The number of aromatic hydroxyl groups is 1. The number of benzene rings is 1. The number of hydrogen-bond donors (Lipinski definition) is 4. The smallest absolute Gasteiger partial charge is 0.320 e. The zero-order valence-corrected chi connectivity index (χ0v) is 19.0. The van der Waals surface area contributed by atoms with Crippen molar-refractivity contribution in [2.45, 2.75) is 33.2 Å². The lowest BCUT2D eigenvalue weighted by Crippen LogP contribution is -2.35. The fourth-order valence-corrected chi connectivity index (χ4v) is 4.74. The summed E-state index contributed by atoms with van der Waals surface area (Å²) in [7, 11) is 1.52. The van der Waals surface area contributed by atoms with E-state index in [2.05, 4.69) is 10.6 Å². The Morgan fingerprint density at radius 3 is 2.41 bits per heavy atom. The molecule has 2 aromatic heterocycles. The number of nitrogens with one attached hydrogen (secondary N) is 2. The molecule has 0 saturated carbocycles. The van der Waals surface area contributed by atoms with E-state index in [1.54, 1.807) is 13.0 Å². The van der Waals surface area contributed by atoms with Crippen molar-refractivity contribution in [3.05, 3.63) is 68.4 Å². The molecular formula is C23H25N3O5S. The average Bonchev–Trinajstić information content (AvgIpc) is 3.18. The third-order valence-corrected chi connectivity index (χ3v) is 6.49. The van der Waals surface area contributed by atoms with E-state index in [9.17, 15) is 24.6 Å². The Labute approximate surface area is 189 Å². The molecule has 0 bridgehead atoms. The Morgan fingerprint density at radius 2 is 1.78 bits per heavy atom. The number of amides is 2. The van der Waals surface area contributed by atoms with Crippen LogP contribution in [0, 0.1) is 20.8 Å². The number of aliphatic carboxylic acids is 1. The molecule has 3 rings (SSSR count). The van der Waals surface area contributed by atoms with Gasteiger partial charge in [0.2, 0.25) is 0 Å². The van der Waals surface area contributed by atoms with Gasteiger partial charge in [0.1, 0.15) is 5.75 Å². The fraction of sp³-hybridized carbons (Fsp3) is 0.261. The van der Waals surface area contributed by atoms with Crippen molar-refractivity contribution in [2.24, 2.45) is 7.05 Å². The molecule has 0 radical (unpaired) electrons. The van der Waals surface area contributed by atoms with E-state index in [1.807, 2.05) is 38.1 Å². The summed E-state index contributed by atoms with van der Waals surface area (Å²) in [4.78, 5) is 38.0. The quantitative estimate of drug-likeness (QED) is 0.446. The van der Waals surface area contributed by atoms with Crippen LogP contribution in [0.2, 0.25) is 0 Å². The topological polar surface area (TPSA) is 121 Å². The van der Waals surface area contributed by atoms with Crippen LogP contribution >= 0.6 is 11.3 Å². The lowest BCUT2D eigenvalue weighted by molar-refractivity contribution is -0.137. The van der Waals surface area contributed by atoms with Gasteiger partial charge >= 0.3 is 12.0 Å². The first-order valence-corrected chi connectivity index (χ1v) is 10.7. The minimum atomic E-state index is -1.08. The van der Waals surface area contributed by atoms with E-state index in [4.69, 9.17) is 0 Å². The van der Waals surface area contributed by atoms with E-state index < -0.39 is 23.6 Å². The summed E-state index contributed by atoms with van der Waals surface area (Å²) in [5, 5.41) is 24.4. The van der Waals surface area contributed by atoms with Crippen molar-refractivity contribution in [1.82, 2.24) is 9.88 Å². The maximum Gasteiger partial charge on any atom is 0.320 e. The normalized spacial score (nSPS) is 11.8. The SMILES string of the molecule is Cc1cccc(C)c1-c1ccc([C@H](CC(=O)O)NC(=O)Nc2c(O)cc(C)n(C)c2=O)s1. The lowest BCUT2D eigenvalue weighted by atomic mass is 10.0. The van der Waals surface area contributed by atoms with Crippen molar-refractivity contribution in [3.8, 4) is 16.2 Å². The maximum absolute atomic E-state index is 12.6. The molecule has 0 unspecified atom stereocenters. The van der Waals surface area contributed by atoms with Crippen LogP contribution in [0.25, 0.3) is 10.4 Å². The van der Waals surface area contributed by atoms with E-state index in [1.165, 1.54) is 29.0 Å². The number of nitrogens with zero attached hydrogens (tertiary/aromatic N) is 1. The highest BCUT2D eigenvalue weighted by molar-refractivity contribution is 7.15. The molecule has 9 heteroatoms. The second kappa shape index (κ2) is 9.27. The number of thiophene rings is 1. The van der Waals surface area contributed by atoms with E-state index in [0.717, 1.165) is 21.6 Å². The number of carbonyl (C=O) groups is 2. The Hall–Kier alpha value is -3.59. The zero-order valence-electron chi connectivity index (χ0n) is 18.2. The van der Waals surface area contributed by atoms with Crippen LogP contribution in [0.15, 0.2) is 41.2 Å². The van der Waals surface area contributed by atoms with Gasteiger partial charge in [-0.2, -0.15) is 0 Å². The number of carboxylic acids is 1. The molecule has 0 aliphatic carbocycles. The fourth-order valence-electron chi connectivity index (χ4n) is 3.50. The van der Waals surface area contributed by atoms with Crippen molar-refractivity contribution in [3.63, 3.8) is 0 Å². The van der Waals surface area contributed by atoms with Crippen molar-refractivity contribution >= 4 is 29.0 Å². The van der Waals surface area contributed by atoms with Gasteiger partial charge in [-0.25, -0.2) is 4.79 Å². The zero-order chi connectivity index (χ0) is 23.6. The van der Waals surface area contributed by atoms with Crippen molar-refractivity contribution < 1.29 is 19.8 Å². The number of anilines is 1. The number of aromatic nitrogens is 1. The van der Waals surface area contributed by atoms with Gasteiger partial charge in [0.25, 0.3) is 5.56 Å². The van der Waals surface area contributed by atoms with Gasteiger partial charge in [-0.05, 0) is 49.6 Å². The van der Waals surface area contributed by atoms with Gasteiger partial charge in [-0.3, -0.25) is 9.59 Å². The molecule has 0 spiro atoms. The molecule has 0 fully saturated rings. The van der Waals surface area contributed by atoms with Crippen molar-refractivity contribution in [1.29, 1.82) is 0 Å². The van der Waals surface area contributed by atoms with E-state index >= 15 is 0 Å². The van der Waals surface area contributed by atoms with Crippen LogP contribution in [-0.4, -0.2) is 26.8 Å². The van der Waals surface area contributed by atoms with E-state index in [-0.39, 0.29) is 17.9 Å². The van der Waals surface area contributed by atoms with Crippen LogP contribution in [0.5, 0.6) is 5.75 Å². The summed E-state index contributed by atoms with van der Waals surface area (Å²) >= 11 is 1.40. The molecule has 2 heterocycles. The molecule has 2 amide bonds. The summed E-state index contributed by atoms with van der Waals surface area (Å²) in [6.07, 6.45) is -0.335. The lowest BCUT2D eigenvalue weighted by Gasteiger charge is -2.17. The average molecular weight is 456 g/mol. The summed E-state index contributed by atoms with van der Waals surface area (Å²) in [5.74, 6) is -1.43. The molecule has 0 saturated heterocycles. The molecule has 3 aromatic rings. The first kappa shape index (κ1) is 23.1. The minimum absolute atomic E-state index is 0.271. The Kier molecular flexibility index (Phi) is 6.69. The predicted octanol–water partition coefficient (Wildman–Crippen LogP) is 4.08. The Balaban J connectivity index is 1.87. The summed E-state index contributed by atoms with van der Waals surface area (Å²) < 4.78 is 1.29. The number of pyridine rings is 1. The molecule has 0 aliphatic rings. The highest BCUT2D eigenvalue weighted by Crippen LogP contribution is 2.36.